The molecule has 0 aliphatic heterocycles. The maximum atomic E-state index is 6.37. The Kier molecular flexibility index (Phi) is 7.92. The molecule has 60 heavy (non-hydrogen) atoms. The summed E-state index contributed by atoms with van der Waals surface area (Å²) in [6, 6.07) is 69.6. The molecule has 8 aromatic carbocycles. The topological polar surface area (TPSA) is 43.9 Å². The molecule has 1 aliphatic rings. The van der Waals surface area contributed by atoms with Gasteiger partial charge in [-0.2, -0.15) is 0 Å². The first-order chi connectivity index (χ1) is 29.7. The lowest BCUT2D eigenvalue weighted by atomic mass is 9.80. The van der Waals surface area contributed by atoms with Crippen molar-refractivity contribution >= 4 is 43.7 Å². The van der Waals surface area contributed by atoms with Crippen molar-refractivity contribution in [2.45, 2.75) is 25.2 Å². The van der Waals surface area contributed by atoms with Crippen LogP contribution in [0.25, 0.3) is 94.3 Å². The van der Waals surface area contributed by atoms with E-state index in [2.05, 4.69) is 187 Å². The zero-order valence-electron chi connectivity index (χ0n) is 33.1. The van der Waals surface area contributed by atoms with E-state index < -0.39 is 0 Å². The van der Waals surface area contributed by atoms with Gasteiger partial charge in [-0.05, 0) is 94.6 Å². The number of hydrogen-bond donors (Lipinski definition) is 0. The highest BCUT2D eigenvalue weighted by atomic mass is 16.3. The van der Waals surface area contributed by atoms with Crippen LogP contribution in [0.15, 0.2) is 199 Å². The fourth-order valence-electron chi connectivity index (χ4n) is 9.89. The van der Waals surface area contributed by atoms with Gasteiger partial charge in [0.2, 0.25) is 0 Å². The van der Waals surface area contributed by atoms with Crippen molar-refractivity contribution in [3.8, 4) is 50.6 Å². The van der Waals surface area contributed by atoms with Crippen LogP contribution in [0.2, 0.25) is 0 Å². The second-order valence-corrected chi connectivity index (χ2v) is 16.1. The molecular weight excluding hydrogens is 731 g/mol. The number of para-hydroxylation sites is 3. The highest BCUT2D eigenvalue weighted by Gasteiger charge is 2.33. The summed E-state index contributed by atoms with van der Waals surface area (Å²) in [5.41, 5.74) is 16.6. The van der Waals surface area contributed by atoms with E-state index in [-0.39, 0.29) is 11.8 Å². The number of rotatable bonds is 5. The van der Waals surface area contributed by atoms with Crippen molar-refractivity contribution in [2.24, 2.45) is 0 Å². The number of fused-ring (bicyclic) bond motifs is 9. The van der Waals surface area contributed by atoms with Gasteiger partial charge >= 0.3 is 0 Å². The molecule has 3 heterocycles. The molecule has 0 saturated carbocycles. The fourth-order valence-corrected chi connectivity index (χ4v) is 9.89. The number of aromatic nitrogens is 3. The minimum absolute atomic E-state index is 0.203. The van der Waals surface area contributed by atoms with Crippen molar-refractivity contribution < 1.29 is 4.42 Å². The SMILES string of the molecule is CC1c2ccc(-c3ccc4c(c3)c3ccccc3n4-c3ccccc3)cc2-c2c(nc(-c3cccc4oc5ccccc5c34)nc2-c2ccccc2)CC1c1ccccc1. The average molecular weight is 770 g/mol. The van der Waals surface area contributed by atoms with Crippen LogP contribution >= 0.6 is 0 Å². The maximum absolute atomic E-state index is 6.37. The number of nitrogens with zero attached hydrogens (tertiary/aromatic N) is 3. The van der Waals surface area contributed by atoms with E-state index in [1.807, 2.05) is 18.2 Å². The Hall–Kier alpha value is -7.56. The van der Waals surface area contributed by atoms with Gasteiger partial charge in [0.15, 0.2) is 5.82 Å². The molecule has 2 unspecified atom stereocenters. The van der Waals surface area contributed by atoms with Crippen molar-refractivity contribution in [3.05, 3.63) is 211 Å². The second-order valence-electron chi connectivity index (χ2n) is 16.1. The van der Waals surface area contributed by atoms with E-state index in [0.717, 1.165) is 62.1 Å². The van der Waals surface area contributed by atoms with Crippen LogP contribution in [-0.4, -0.2) is 14.5 Å². The zero-order valence-corrected chi connectivity index (χ0v) is 33.1. The number of hydrogen-bond acceptors (Lipinski definition) is 3. The summed E-state index contributed by atoms with van der Waals surface area (Å²) < 4.78 is 8.75. The maximum Gasteiger partial charge on any atom is 0.160 e. The van der Waals surface area contributed by atoms with E-state index in [9.17, 15) is 0 Å². The molecule has 0 fully saturated rings. The van der Waals surface area contributed by atoms with Gasteiger partial charge in [-0.1, -0.05) is 153 Å². The molecule has 2 atom stereocenters. The molecule has 0 saturated heterocycles. The monoisotopic (exact) mass is 769 g/mol. The Morgan fingerprint density at radius 2 is 1.18 bits per heavy atom. The van der Waals surface area contributed by atoms with Gasteiger partial charge in [0.25, 0.3) is 0 Å². The smallest absolute Gasteiger partial charge is 0.160 e. The highest BCUT2D eigenvalue weighted by Crippen LogP contribution is 2.49. The van der Waals surface area contributed by atoms with Crippen molar-refractivity contribution in [2.75, 3.05) is 0 Å². The molecule has 284 valence electrons. The summed E-state index contributed by atoms with van der Waals surface area (Å²) in [5.74, 6) is 1.13. The van der Waals surface area contributed by atoms with Crippen molar-refractivity contribution in [1.82, 2.24) is 14.5 Å². The van der Waals surface area contributed by atoms with Gasteiger partial charge in [-0.3, -0.25) is 0 Å². The molecule has 3 aromatic heterocycles. The van der Waals surface area contributed by atoms with E-state index in [1.54, 1.807) is 0 Å². The Balaban J connectivity index is 1.11. The molecule has 0 amide bonds. The Morgan fingerprint density at radius 1 is 0.517 bits per heavy atom. The van der Waals surface area contributed by atoms with Crippen LogP contribution in [0.3, 0.4) is 0 Å². The van der Waals surface area contributed by atoms with Crippen molar-refractivity contribution in [1.29, 1.82) is 0 Å². The van der Waals surface area contributed by atoms with Crippen LogP contribution in [0.4, 0.5) is 0 Å². The first-order valence-corrected chi connectivity index (χ1v) is 20.8. The number of furan rings is 1. The summed E-state index contributed by atoms with van der Waals surface area (Å²) in [4.78, 5) is 11.2. The Labute approximate surface area is 348 Å². The van der Waals surface area contributed by atoms with Gasteiger partial charge in [-0.15, -0.1) is 0 Å². The summed E-state index contributed by atoms with van der Waals surface area (Å²) in [7, 11) is 0. The lowest BCUT2D eigenvalue weighted by Crippen LogP contribution is -2.11. The largest absolute Gasteiger partial charge is 0.456 e. The van der Waals surface area contributed by atoms with Crippen LogP contribution < -0.4 is 0 Å². The average Bonchev–Trinajstić information content (AvgIpc) is 3.83. The number of benzene rings is 8. The molecule has 4 heteroatoms. The van der Waals surface area contributed by atoms with Crippen LogP contribution in [0, 0.1) is 0 Å². The molecule has 11 aromatic rings. The summed E-state index contributed by atoms with van der Waals surface area (Å²) in [5, 5.41) is 4.59. The third-order valence-electron chi connectivity index (χ3n) is 12.8. The van der Waals surface area contributed by atoms with Gasteiger partial charge < -0.3 is 8.98 Å². The molecule has 1 aliphatic carbocycles. The van der Waals surface area contributed by atoms with E-state index in [4.69, 9.17) is 14.4 Å². The molecule has 0 bridgehead atoms. The first kappa shape index (κ1) is 34.5. The summed E-state index contributed by atoms with van der Waals surface area (Å²) >= 11 is 0. The predicted molar refractivity (Wildman–Crippen MR) is 247 cm³/mol. The molecule has 0 spiro atoms. The second kappa shape index (κ2) is 13.8. The van der Waals surface area contributed by atoms with Gasteiger partial charge in [0, 0.05) is 43.9 Å². The fraction of sp³-hybridized carbons (Fsp3) is 0.0714. The van der Waals surface area contributed by atoms with Gasteiger partial charge in [0.05, 0.1) is 22.4 Å². The van der Waals surface area contributed by atoms with Crippen LogP contribution in [-0.2, 0) is 6.42 Å². The summed E-state index contributed by atoms with van der Waals surface area (Å²) in [6.45, 7) is 2.39. The van der Waals surface area contributed by atoms with E-state index >= 15 is 0 Å². The van der Waals surface area contributed by atoms with E-state index in [1.165, 1.54) is 49.6 Å². The third-order valence-corrected chi connectivity index (χ3v) is 12.8. The Morgan fingerprint density at radius 3 is 2.02 bits per heavy atom. The molecule has 0 radical (unpaired) electrons. The molecule has 0 N–H and O–H groups in total. The normalized spacial score (nSPS) is 15.0. The highest BCUT2D eigenvalue weighted by molar-refractivity contribution is 6.12. The molecular formula is C56H39N3O. The molecule has 4 nitrogen and oxygen atoms in total. The standard InChI is InChI=1S/C56H39N3O/c1-35-41-30-28-38(39-29-31-50-46(32-39)42-22-11-13-25-49(42)59(50)40-20-9-4-10-21-40)33-47(41)54-48(34-45(35)36-16-5-2-6-17-36)57-56(58-55(54)37-18-7-3-8-19-37)44-24-15-27-52-53(44)43-23-12-14-26-51(43)60-52/h2-33,35,45H,34H2,1H3. The van der Waals surface area contributed by atoms with Crippen LogP contribution in [0.5, 0.6) is 0 Å². The van der Waals surface area contributed by atoms with Crippen molar-refractivity contribution in [3.63, 3.8) is 0 Å². The van der Waals surface area contributed by atoms with E-state index in [0.29, 0.717) is 5.82 Å². The lowest BCUT2D eigenvalue weighted by molar-refractivity contribution is 0.573. The molecule has 12 rings (SSSR count). The van der Waals surface area contributed by atoms with Crippen LogP contribution in [0.1, 0.15) is 35.6 Å². The lowest BCUT2D eigenvalue weighted by Gasteiger charge is -2.24. The quantitative estimate of drug-likeness (QED) is 0.175. The van der Waals surface area contributed by atoms with Gasteiger partial charge in [-0.25, -0.2) is 9.97 Å². The minimum atomic E-state index is 0.203. The summed E-state index contributed by atoms with van der Waals surface area (Å²) in [6.07, 6.45) is 0.771. The third kappa shape index (κ3) is 5.45. The van der Waals surface area contributed by atoms with Gasteiger partial charge in [0.1, 0.15) is 11.2 Å². The minimum Gasteiger partial charge on any atom is -0.456 e. The Bertz CT molecular complexity index is 3420. The first-order valence-electron chi connectivity index (χ1n) is 20.8. The predicted octanol–water partition coefficient (Wildman–Crippen LogP) is 14.6. The zero-order chi connectivity index (χ0) is 39.7.